The molecule has 4 aromatic rings. The van der Waals surface area contributed by atoms with Crippen molar-refractivity contribution in [3.8, 4) is 0 Å². The van der Waals surface area contributed by atoms with E-state index in [1.165, 1.54) is 23.5 Å². The summed E-state index contributed by atoms with van der Waals surface area (Å²) in [6.07, 6.45) is 0.00326. The maximum absolute atomic E-state index is 13.4. The topological polar surface area (TPSA) is 201 Å². The molecular formula is C27H28IN7O6S2. The molecule has 226 valence electrons. The third-order valence-corrected chi connectivity index (χ3v) is 9.41. The summed E-state index contributed by atoms with van der Waals surface area (Å²) in [4.78, 5) is 49.2. The van der Waals surface area contributed by atoms with Crippen LogP contribution in [-0.4, -0.2) is 48.3 Å². The first-order valence-corrected chi connectivity index (χ1v) is 16.3. The third-order valence-electron chi connectivity index (χ3n) is 6.09. The van der Waals surface area contributed by atoms with Crippen molar-refractivity contribution in [3.05, 3.63) is 90.9 Å². The van der Waals surface area contributed by atoms with E-state index in [9.17, 15) is 22.8 Å². The number of guanidine groups is 1. The van der Waals surface area contributed by atoms with Crippen molar-refractivity contribution in [2.24, 2.45) is 16.6 Å². The van der Waals surface area contributed by atoms with Gasteiger partial charge in [0.25, 0.3) is 5.56 Å². The number of para-hydroxylation sites is 1. The molecule has 1 amide bonds. The number of carbonyl (C=O) groups excluding carboxylic acids is 2. The van der Waals surface area contributed by atoms with Crippen molar-refractivity contribution in [1.82, 2.24) is 14.9 Å². The zero-order chi connectivity index (χ0) is 31.1. The van der Waals surface area contributed by atoms with E-state index in [-0.39, 0.29) is 35.4 Å². The molecule has 4 rings (SSSR count). The SMILES string of the molecule is Cc1ccc(NS(=O)(=O)Cc2ccccc2I)c(=O)n1CC(=O)N[C@@H](CCON=C(N)N)C(=O)c1nc2ccccc2s1. The largest absolute Gasteiger partial charge is 0.393 e. The van der Waals surface area contributed by atoms with Crippen molar-refractivity contribution in [3.63, 3.8) is 0 Å². The molecule has 2 heterocycles. The number of nitrogens with two attached hydrogens (primary N) is 2. The number of carbonyl (C=O) groups is 2. The average Bonchev–Trinajstić information content (AvgIpc) is 3.39. The van der Waals surface area contributed by atoms with Gasteiger partial charge in [-0.2, -0.15) is 0 Å². The Morgan fingerprint density at radius 3 is 2.56 bits per heavy atom. The third kappa shape index (κ3) is 8.51. The number of nitrogens with zero attached hydrogens (tertiary/aromatic N) is 3. The van der Waals surface area contributed by atoms with E-state index in [0.717, 1.165) is 12.8 Å². The lowest BCUT2D eigenvalue weighted by atomic mass is 10.1. The zero-order valence-electron chi connectivity index (χ0n) is 22.8. The van der Waals surface area contributed by atoms with Crippen LogP contribution < -0.4 is 27.1 Å². The number of halogens is 1. The Hall–Kier alpha value is -4.03. The van der Waals surface area contributed by atoms with E-state index in [0.29, 0.717) is 16.8 Å². The molecule has 16 heteroatoms. The number of benzene rings is 2. The van der Waals surface area contributed by atoms with E-state index in [1.807, 2.05) is 34.7 Å². The van der Waals surface area contributed by atoms with E-state index in [2.05, 4.69) is 20.2 Å². The highest BCUT2D eigenvalue weighted by molar-refractivity contribution is 14.1. The fourth-order valence-corrected chi connectivity index (χ4v) is 7.06. The first kappa shape index (κ1) is 31.9. The molecule has 6 N–H and O–H groups in total. The van der Waals surface area contributed by atoms with Gasteiger partial charge in [0.2, 0.25) is 27.7 Å². The second-order valence-corrected chi connectivity index (χ2v) is 13.3. The number of nitrogens with one attached hydrogen (secondary N) is 2. The number of ketones is 1. The number of hydrogen-bond donors (Lipinski definition) is 4. The lowest BCUT2D eigenvalue weighted by molar-refractivity contribution is -0.122. The summed E-state index contributed by atoms with van der Waals surface area (Å²) in [5.74, 6) is -1.76. The van der Waals surface area contributed by atoms with Gasteiger partial charge in [-0.05, 0) is 70.6 Å². The molecule has 2 aromatic heterocycles. The number of oxime groups is 1. The molecule has 1 atom stereocenters. The van der Waals surface area contributed by atoms with Gasteiger partial charge in [0.1, 0.15) is 18.8 Å². The van der Waals surface area contributed by atoms with Gasteiger partial charge >= 0.3 is 0 Å². The highest BCUT2D eigenvalue weighted by Crippen LogP contribution is 2.23. The van der Waals surface area contributed by atoms with E-state index in [4.69, 9.17) is 16.3 Å². The van der Waals surface area contributed by atoms with Gasteiger partial charge in [0, 0.05) is 15.7 Å². The first-order chi connectivity index (χ1) is 20.4. The molecule has 0 aliphatic carbocycles. The molecule has 0 saturated carbocycles. The van der Waals surface area contributed by atoms with Gasteiger partial charge < -0.3 is 26.2 Å². The number of anilines is 1. The van der Waals surface area contributed by atoms with Gasteiger partial charge in [0.15, 0.2) is 5.01 Å². The first-order valence-electron chi connectivity index (χ1n) is 12.8. The standard InChI is InChI=1S/C27H28IN7O6S2/c1-16-10-11-21(34-43(39,40)15-17-6-2-3-7-18(17)28)26(38)35(16)14-23(36)31-20(12-13-41-33-27(29)30)24(37)25-32-19-8-4-5-9-22(19)42-25/h2-11,20,34H,12-15H2,1H3,(H,31,36)(H4,29,30,33)/t20-/m0/s1. The van der Waals surface area contributed by atoms with Crippen LogP contribution in [0.5, 0.6) is 0 Å². The Bertz CT molecular complexity index is 1820. The van der Waals surface area contributed by atoms with E-state index in [1.54, 1.807) is 43.3 Å². The van der Waals surface area contributed by atoms with Crippen LogP contribution in [0.25, 0.3) is 10.2 Å². The minimum atomic E-state index is -3.94. The number of aromatic nitrogens is 2. The highest BCUT2D eigenvalue weighted by Gasteiger charge is 2.26. The van der Waals surface area contributed by atoms with Crippen LogP contribution in [0.1, 0.15) is 27.5 Å². The number of fused-ring (bicyclic) bond motifs is 1. The molecule has 0 spiro atoms. The summed E-state index contributed by atoms with van der Waals surface area (Å²) in [7, 11) is -3.94. The molecule has 0 aliphatic rings. The summed E-state index contributed by atoms with van der Waals surface area (Å²) in [6, 6.07) is 16.0. The lowest BCUT2D eigenvalue weighted by Gasteiger charge is -2.18. The molecule has 0 saturated heterocycles. The number of hydrogen-bond acceptors (Lipinski definition) is 9. The van der Waals surface area contributed by atoms with Crippen LogP contribution >= 0.6 is 33.9 Å². The molecule has 43 heavy (non-hydrogen) atoms. The summed E-state index contributed by atoms with van der Waals surface area (Å²) in [5.41, 5.74) is 11.3. The van der Waals surface area contributed by atoms with Crippen molar-refractivity contribution in [1.29, 1.82) is 0 Å². The maximum Gasteiger partial charge on any atom is 0.275 e. The summed E-state index contributed by atoms with van der Waals surface area (Å²) < 4.78 is 30.7. The molecule has 0 radical (unpaired) electrons. The predicted molar refractivity (Wildman–Crippen MR) is 173 cm³/mol. The normalized spacial score (nSPS) is 12.0. The van der Waals surface area contributed by atoms with Crippen LogP contribution in [0.2, 0.25) is 0 Å². The van der Waals surface area contributed by atoms with Crippen LogP contribution in [0.15, 0.2) is 70.6 Å². The van der Waals surface area contributed by atoms with Crippen LogP contribution in [0, 0.1) is 10.5 Å². The van der Waals surface area contributed by atoms with Gasteiger partial charge in [-0.15, -0.1) is 11.3 Å². The predicted octanol–water partition coefficient (Wildman–Crippen LogP) is 2.28. The van der Waals surface area contributed by atoms with Crippen molar-refractivity contribution in [2.45, 2.75) is 31.7 Å². The van der Waals surface area contributed by atoms with Gasteiger partial charge in [-0.25, -0.2) is 13.4 Å². The number of rotatable bonds is 13. The highest BCUT2D eigenvalue weighted by atomic mass is 127. The minimum absolute atomic E-state index is 0.00326. The Morgan fingerprint density at radius 1 is 1.12 bits per heavy atom. The second-order valence-electron chi connectivity index (χ2n) is 9.34. The summed E-state index contributed by atoms with van der Waals surface area (Å²) >= 11 is 3.22. The van der Waals surface area contributed by atoms with Crippen molar-refractivity contribution >= 4 is 77.5 Å². The molecule has 0 unspecified atom stereocenters. The van der Waals surface area contributed by atoms with Gasteiger partial charge in [0.05, 0.1) is 22.0 Å². The van der Waals surface area contributed by atoms with Crippen LogP contribution in [0.3, 0.4) is 0 Å². The van der Waals surface area contributed by atoms with Gasteiger partial charge in [-0.1, -0.05) is 30.3 Å². The lowest BCUT2D eigenvalue weighted by Crippen LogP contribution is -2.44. The number of sulfonamides is 1. The van der Waals surface area contributed by atoms with Crippen LogP contribution in [-0.2, 0) is 32.0 Å². The number of amides is 1. The Morgan fingerprint density at radius 2 is 1.84 bits per heavy atom. The number of aryl methyl sites for hydroxylation is 1. The van der Waals surface area contributed by atoms with E-state index < -0.39 is 39.9 Å². The zero-order valence-corrected chi connectivity index (χ0v) is 26.6. The Labute approximate surface area is 264 Å². The molecule has 2 aromatic carbocycles. The second kappa shape index (κ2) is 14.0. The number of thiazole rings is 1. The molecule has 0 fully saturated rings. The molecule has 0 aliphatic heterocycles. The molecule has 0 bridgehead atoms. The smallest absolute Gasteiger partial charge is 0.275 e. The maximum atomic E-state index is 13.4. The summed E-state index contributed by atoms with van der Waals surface area (Å²) in [5, 5.41) is 6.27. The average molecular weight is 738 g/mol. The molecule has 13 nitrogen and oxygen atoms in total. The molecular weight excluding hydrogens is 709 g/mol. The number of Topliss-reactive ketones (excluding diaryl/α,β-unsaturated/α-hetero) is 1. The quantitative estimate of drug-likeness (QED) is 0.0397. The monoisotopic (exact) mass is 737 g/mol. The van der Waals surface area contributed by atoms with Crippen LogP contribution in [0.4, 0.5) is 5.69 Å². The minimum Gasteiger partial charge on any atom is -0.393 e. The Kier molecular flexibility index (Phi) is 10.4. The fraction of sp³-hybridized carbons (Fsp3) is 0.222. The Balaban J connectivity index is 1.52. The van der Waals surface area contributed by atoms with Crippen molar-refractivity contribution in [2.75, 3.05) is 11.3 Å². The fourth-order valence-electron chi connectivity index (χ4n) is 4.04. The van der Waals surface area contributed by atoms with Gasteiger partial charge in [-0.3, -0.25) is 19.1 Å². The van der Waals surface area contributed by atoms with Crippen molar-refractivity contribution < 1.29 is 22.8 Å². The van der Waals surface area contributed by atoms with E-state index >= 15 is 0 Å². The summed E-state index contributed by atoms with van der Waals surface area (Å²) in [6.45, 7) is 1.03. The number of pyridine rings is 1.